The number of halogens is 2. The van der Waals surface area contributed by atoms with Crippen molar-refractivity contribution in [2.75, 3.05) is 0 Å². The predicted molar refractivity (Wildman–Crippen MR) is 89.5 cm³/mol. The van der Waals surface area contributed by atoms with Gasteiger partial charge < -0.3 is 14.6 Å². The van der Waals surface area contributed by atoms with Gasteiger partial charge in [0.2, 0.25) is 5.60 Å². The number of cyclic esters (lactones) is 1. The third kappa shape index (κ3) is 3.43. The first-order valence-electron chi connectivity index (χ1n) is 7.26. The van der Waals surface area contributed by atoms with Crippen LogP contribution in [0.4, 0.5) is 0 Å². The smallest absolute Gasteiger partial charge is 0.351 e. The van der Waals surface area contributed by atoms with Crippen LogP contribution in [-0.4, -0.2) is 28.8 Å². The summed E-state index contributed by atoms with van der Waals surface area (Å²) < 4.78 is 10.4. The molecule has 5 nitrogen and oxygen atoms in total. The molecule has 0 saturated carbocycles. The Labute approximate surface area is 150 Å². The molecule has 24 heavy (non-hydrogen) atoms. The van der Waals surface area contributed by atoms with Crippen molar-refractivity contribution in [3.05, 3.63) is 45.5 Å². The SMILES string of the molecule is Cc1ccc([C@@](O)(C(=O)OC(C)(C)C)[C@@H]2OC(=O)C(Cl)=C2Cl)cc1. The lowest BCUT2D eigenvalue weighted by Gasteiger charge is -2.34. The number of carbonyl (C=O) groups is 2. The maximum atomic E-state index is 12.7. The van der Waals surface area contributed by atoms with Crippen LogP contribution < -0.4 is 0 Å². The van der Waals surface area contributed by atoms with Crippen LogP contribution in [0.15, 0.2) is 34.3 Å². The number of benzene rings is 1. The molecular formula is C17H18Cl2O5. The van der Waals surface area contributed by atoms with Gasteiger partial charge in [0.1, 0.15) is 10.6 Å². The number of esters is 2. The van der Waals surface area contributed by atoms with E-state index in [-0.39, 0.29) is 15.6 Å². The zero-order valence-electron chi connectivity index (χ0n) is 13.7. The molecule has 1 heterocycles. The second kappa shape index (κ2) is 6.39. The average Bonchev–Trinajstić information content (AvgIpc) is 2.73. The molecule has 2 atom stereocenters. The van der Waals surface area contributed by atoms with Crippen LogP contribution in [0.25, 0.3) is 0 Å². The number of aliphatic hydroxyl groups is 1. The topological polar surface area (TPSA) is 72.8 Å². The fraction of sp³-hybridized carbons (Fsp3) is 0.412. The summed E-state index contributed by atoms with van der Waals surface area (Å²) in [6, 6.07) is 6.51. The average molecular weight is 373 g/mol. The number of hydrogen-bond acceptors (Lipinski definition) is 5. The quantitative estimate of drug-likeness (QED) is 0.825. The van der Waals surface area contributed by atoms with Crippen LogP contribution in [0.3, 0.4) is 0 Å². The van der Waals surface area contributed by atoms with E-state index in [2.05, 4.69) is 0 Å². The largest absolute Gasteiger partial charge is 0.457 e. The van der Waals surface area contributed by atoms with Crippen LogP contribution in [0.5, 0.6) is 0 Å². The molecular weight excluding hydrogens is 355 g/mol. The summed E-state index contributed by atoms with van der Waals surface area (Å²) in [6.45, 7) is 6.83. The Hall–Kier alpha value is -1.56. The van der Waals surface area contributed by atoms with E-state index in [0.717, 1.165) is 5.56 Å². The Morgan fingerprint density at radius 3 is 2.17 bits per heavy atom. The summed E-state index contributed by atoms with van der Waals surface area (Å²) in [4.78, 5) is 24.4. The molecule has 0 radical (unpaired) electrons. The monoisotopic (exact) mass is 372 g/mol. The van der Waals surface area contributed by atoms with Crippen LogP contribution in [0.1, 0.15) is 31.9 Å². The molecule has 1 aliphatic heterocycles. The summed E-state index contributed by atoms with van der Waals surface area (Å²) in [5.41, 5.74) is -2.07. The van der Waals surface area contributed by atoms with E-state index in [1.807, 2.05) is 6.92 Å². The summed E-state index contributed by atoms with van der Waals surface area (Å²) in [5.74, 6) is -1.89. The molecule has 0 fully saturated rings. The van der Waals surface area contributed by atoms with Gasteiger partial charge in [-0.15, -0.1) is 0 Å². The van der Waals surface area contributed by atoms with Gasteiger partial charge in [0, 0.05) is 0 Å². The van der Waals surface area contributed by atoms with Crippen LogP contribution in [0.2, 0.25) is 0 Å². The summed E-state index contributed by atoms with van der Waals surface area (Å²) in [7, 11) is 0. The van der Waals surface area contributed by atoms with E-state index in [1.165, 1.54) is 0 Å². The van der Waals surface area contributed by atoms with Crippen molar-refractivity contribution in [2.24, 2.45) is 0 Å². The fourth-order valence-electron chi connectivity index (χ4n) is 2.23. The van der Waals surface area contributed by atoms with Gasteiger partial charge in [-0.05, 0) is 33.3 Å². The summed E-state index contributed by atoms with van der Waals surface area (Å²) >= 11 is 11.8. The zero-order valence-corrected chi connectivity index (χ0v) is 15.2. The summed E-state index contributed by atoms with van der Waals surface area (Å²) in [5, 5.41) is 10.6. The lowest BCUT2D eigenvalue weighted by molar-refractivity contribution is -0.191. The maximum Gasteiger partial charge on any atom is 0.351 e. The highest BCUT2D eigenvalue weighted by atomic mass is 35.5. The van der Waals surface area contributed by atoms with Gasteiger partial charge in [-0.25, -0.2) is 9.59 Å². The molecule has 1 aromatic carbocycles. The van der Waals surface area contributed by atoms with Crippen LogP contribution in [-0.2, 0) is 24.7 Å². The van der Waals surface area contributed by atoms with Gasteiger partial charge in [0.25, 0.3) is 0 Å². The second-order valence-electron chi connectivity index (χ2n) is 6.58. The van der Waals surface area contributed by atoms with E-state index in [1.54, 1.807) is 45.0 Å². The number of ether oxygens (including phenoxy) is 2. The van der Waals surface area contributed by atoms with E-state index in [4.69, 9.17) is 32.7 Å². The number of rotatable bonds is 3. The minimum Gasteiger partial charge on any atom is -0.457 e. The van der Waals surface area contributed by atoms with Gasteiger partial charge in [-0.3, -0.25) is 0 Å². The first-order chi connectivity index (χ1) is 11.0. The highest BCUT2D eigenvalue weighted by Crippen LogP contribution is 2.41. The lowest BCUT2D eigenvalue weighted by Crippen LogP contribution is -2.50. The lowest BCUT2D eigenvalue weighted by atomic mass is 9.87. The highest BCUT2D eigenvalue weighted by molar-refractivity contribution is 6.48. The van der Waals surface area contributed by atoms with E-state index in [0.29, 0.717) is 0 Å². The third-order valence-corrected chi connectivity index (χ3v) is 4.27. The Balaban J connectivity index is 2.56. The Kier molecular flexibility index (Phi) is 5.00. The molecule has 0 aliphatic carbocycles. The fourth-order valence-corrected chi connectivity index (χ4v) is 2.65. The van der Waals surface area contributed by atoms with Gasteiger partial charge >= 0.3 is 11.9 Å². The zero-order chi connectivity index (χ0) is 18.3. The standard InChI is InChI=1S/C17H18Cl2O5/c1-9-5-7-10(8-6-9)17(22,15(21)24-16(2,3)4)13-11(18)12(19)14(20)23-13/h5-8,13,22H,1-4H3/t13-,17+/m1/s1. The normalized spacial score (nSPS) is 20.6. The van der Waals surface area contributed by atoms with Crippen molar-refractivity contribution in [3.8, 4) is 0 Å². The minimum absolute atomic E-state index is 0.185. The Morgan fingerprint density at radius 2 is 1.75 bits per heavy atom. The molecule has 0 aromatic heterocycles. The Bertz CT molecular complexity index is 703. The van der Waals surface area contributed by atoms with E-state index >= 15 is 0 Å². The third-order valence-electron chi connectivity index (χ3n) is 3.43. The molecule has 0 bridgehead atoms. The molecule has 1 aliphatic rings. The molecule has 0 saturated heterocycles. The first kappa shape index (κ1) is 18.8. The molecule has 0 amide bonds. The molecule has 130 valence electrons. The van der Waals surface area contributed by atoms with Gasteiger partial charge in [-0.1, -0.05) is 53.0 Å². The van der Waals surface area contributed by atoms with Crippen LogP contribution >= 0.6 is 23.2 Å². The predicted octanol–water partition coefficient (Wildman–Crippen LogP) is 3.14. The number of carbonyl (C=O) groups excluding carboxylic acids is 2. The van der Waals surface area contributed by atoms with Crippen molar-refractivity contribution in [1.29, 1.82) is 0 Å². The molecule has 0 spiro atoms. The maximum absolute atomic E-state index is 12.7. The van der Waals surface area contributed by atoms with E-state index < -0.39 is 29.2 Å². The van der Waals surface area contributed by atoms with E-state index in [9.17, 15) is 14.7 Å². The second-order valence-corrected chi connectivity index (χ2v) is 7.37. The van der Waals surface area contributed by atoms with Crippen molar-refractivity contribution < 1.29 is 24.2 Å². The molecule has 1 aromatic rings. The molecule has 2 rings (SSSR count). The van der Waals surface area contributed by atoms with Gasteiger partial charge in [-0.2, -0.15) is 0 Å². The highest BCUT2D eigenvalue weighted by Gasteiger charge is 2.55. The van der Waals surface area contributed by atoms with Gasteiger partial charge in [0.15, 0.2) is 6.10 Å². The van der Waals surface area contributed by atoms with Gasteiger partial charge in [0.05, 0.1) is 5.03 Å². The van der Waals surface area contributed by atoms with Crippen molar-refractivity contribution >= 4 is 35.1 Å². The molecule has 1 N–H and O–H groups in total. The minimum atomic E-state index is -2.32. The van der Waals surface area contributed by atoms with Crippen molar-refractivity contribution in [2.45, 2.75) is 45.0 Å². The van der Waals surface area contributed by atoms with Crippen molar-refractivity contribution in [3.63, 3.8) is 0 Å². The number of aryl methyl sites for hydroxylation is 1. The Morgan fingerprint density at radius 1 is 1.21 bits per heavy atom. The van der Waals surface area contributed by atoms with Crippen molar-refractivity contribution in [1.82, 2.24) is 0 Å². The summed E-state index contributed by atoms with van der Waals surface area (Å²) in [6.07, 6.45) is -1.48. The van der Waals surface area contributed by atoms with Crippen LogP contribution in [0, 0.1) is 6.92 Å². The molecule has 7 heteroatoms. The molecule has 0 unspecified atom stereocenters. The number of hydrogen-bond donors (Lipinski definition) is 1. The first-order valence-corrected chi connectivity index (χ1v) is 8.01.